The normalized spacial score (nSPS) is 21.4. The third-order valence-corrected chi connectivity index (χ3v) is 4.14. The van der Waals surface area contributed by atoms with Crippen molar-refractivity contribution in [2.45, 2.75) is 51.9 Å². The number of carboxylic acid groups (broad SMARTS) is 1. The molecule has 0 amide bonds. The van der Waals surface area contributed by atoms with E-state index in [1.165, 1.54) is 25.7 Å². The van der Waals surface area contributed by atoms with Gasteiger partial charge in [-0.15, -0.1) is 0 Å². The van der Waals surface area contributed by atoms with E-state index in [4.69, 9.17) is 27.1 Å². The summed E-state index contributed by atoms with van der Waals surface area (Å²) in [6.07, 6.45) is 8.77. The van der Waals surface area contributed by atoms with Crippen molar-refractivity contribution >= 4 is 5.97 Å². The van der Waals surface area contributed by atoms with E-state index in [-0.39, 0.29) is 0 Å². The monoisotopic (exact) mass is 273 g/mol. The van der Waals surface area contributed by atoms with E-state index in [1.807, 2.05) is 0 Å². The molecule has 1 saturated carbocycles. The van der Waals surface area contributed by atoms with Gasteiger partial charge in [0.15, 0.2) is 0 Å². The summed E-state index contributed by atoms with van der Waals surface area (Å²) in [5, 5.41) is 7.42. The maximum Gasteiger partial charge on any atom is 0.300 e. The van der Waals surface area contributed by atoms with Gasteiger partial charge in [-0.25, -0.2) is 0 Å². The van der Waals surface area contributed by atoms with Crippen LogP contribution < -0.4 is 17.2 Å². The highest BCUT2D eigenvalue weighted by Crippen LogP contribution is 2.47. The Labute approximate surface area is 116 Å². The number of nitrogens with two attached hydrogens (primary N) is 3. The fraction of sp³-hybridized carbons (Fsp3) is 0.929. The number of carboxylic acids is 1. The molecule has 1 rings (SSSR count). The van der Waals surface area contributed by atoms with Gasteiger partial charge in [0.25, 0.3) is 5.97 Å². The van der Waals surface area contributed by atoms with Gasteiger partial charge in [-0.05, 0) is 63.1 Å². The zero-order valence-electron chi connectivity index (χ0n) is 12.2. The molecule has 1 fully saturated rings. The summed E-state index contributed by atoms with van der Waals surface area (Å²) in [7, 11) is 0. The molecule has 1 aliphatic rings. The van der Waals surface area contributed by atoms with Crippen LogP contribution in [0.5, 0.6) is 0 Å². The minimum atomic E-state index is -0.833. The average molecular weight is 273 g/mol. The van der Waals surface area contributed by atoms with Crippen molar-refractivity contribution in [3.8, 4) is 0 Å². The molecule has 0 spiro atoms. The lowest BCUT2D eigenvalue weighted by Crippen LogP contribution is -2.38. The molecule has 0 bridgehead atoms. The van der Waals surface area contributed by atoms with E-state index in [2.05, 4.69) is 0 Å². The lowest BCUT2D eigenvalue weighted by atomic mass is 9.61. The van der Waals surface area contributed by atoms with Gasteiger partial charge in [0, 0.05) is 6.92 Å². The summed E-state index contributed by atoms with van der Waals surface area (Å²) in [4.78, 5) is 9.00. The Hall–Kier alpha value is -0.650. The Bertz CT molecular complexity index is 229. The van der Waals surface area contributed by atoms with Crippen LogP contribution in [0.2, 0.25) is 0 Å². The van der Waals surface area contributed by atoms with E-state index in [0.29, 0.717) is 5.41 Å². The highest BCUT2D eigenvalue weighted by Gasteiger charge is 2.38. The first-order valence-electron chi connectivity index (χ1n) is 7.32. The predicted molar refractivity (Wildman–Crippen MR) is 78.7 cm³/mol. The summed E-state index contributed by atoms with van der Waals surface area (Å²) in [5.41, 5.74) is 17.7. The molecule has 1 atom stereocenters. The molecule has 0 radical (unpaired) electrons. The van der Waals surface area contributed by atoms with Crippen molar-refractivity contribution in [1.82, 2.24) is 0 Å². The maximum absolute atomic E-state index is 9.00. The van der Waals surface area contributed by atoms with E-state index in [9.17, 15) is 0 Å². The highest BCUT2D eigenvalue weighted by molar-refractivity contribution is 5.62. The van der Waals surface area contributed by atoms with Crippen LogP contribution in [0.25, 0.3) is 0 Å². The third kappa shape index (κ3) is 6.89. The van der Waals surface area contributed by atoms with Crippen molar-refractivity contribution in [3.05, 3.63) is 0 Å². The molecule has 0 aliphatic heterocycles. The standard InChI is InChI=1S/C12H27N3.C2H4O2/c13-8-4-11-3-1-2-5-12(11,6-9-14)7-10-15;1-2(3)4/h11H,1-10,13-15H2;1H3,(H,3,4). The molecule has 0 saturated heterocycles. The van der Waals surface area contributed by atoms with Crippen LogP contribution >= 0.6 is 0 Å². The molecule has 0 aromatic heterocycles. The molecular formula is C14H31N3O2. The molecule has 1 aliphatic carbocycles. The van der Waals surface area contributed by atoms with Gasteiger partial charge in [0.1, 0.15) is 0 Å². The Kier molecular flexibility index (Phi) is 9.83. The maximum atomic E-state index is 9.00. The number of aliphatic carboxylic acids is 1. The summed E-state index contributed by atoms with van der Waals surface area (Å²) >= 11 is 0. The van der Waals surface area contributed by atoms with Crippen molar-refractivity contribution in [1.29, 1.82) is 0 Å². The first-order chi connectivity index (χ1) is 9.02. The van der Waals surface area contributed by atoms with Gasteiger partial charge in [0.2, 0.25) is 0 Å². The lowest BCUT2D eigenvalue weighted by Gasteiger charge is -2.44. The predicted octanol–water partition coefficient (Wildman–Crippen LogP) is 1.30. The van der Waals surface area contributed by atoms with Gasteiger partial charge < -0.3 is 22.3 Å². The zero-order chi connectivity index (χ0) is 14.7. The fourth-order valence-corrected chi connectivity index (χ4v) is 3.39. The van der Waals surface area contributed by atoms with E-state index < -0.39 is 5.97 Å². The van der Waals surface area contributed by atoms with Crippen LogP contribution in [0.15, 0.2) is 0 Å². The minimum absolute atomic E-state index is 0.418. The SMILES string of the molecule is CC(=O)O.NCCC1CCCCC1(CCN)CCN. The summed E-state index contributed by atoms with van der Waals surface area (Å²) in [6, 6.07) is 0. The molecule has 5 nitrogen and oxygen atoms in total. The largest absolute Gasteiger partial charge is 0.481 e. The van der Waals surface area contributed by atoms with Crippen LogP contribution in [-0.4, -0.2) is 30.7 Å². The van der Waals surface area contributed by atoms with Gasteiger partial charge in [0.05, 0.1) is 0 Å². The molecular weight excluding hydrogens is 242 g/mol. The average Bonchev–Trinajstić information content (AvgIpc) is 2.32. The van der Waals surface area contributed by atoms with Gasteiger partial charge in [-0.1, -0.05) is 12.8 Å². The molecule has 0 aromatic carbocycles. The van der Waals surface area contributed by atoms with Gasteiger partial charge >= 0.3 is 0 Å². The first-order valence-corrected chi connectivity index (χ1v) is 7.32. The van der Waals surface area contributed by atoms with Crippen LogP contribution in [0, 0.1) is 11.3 Å². The second kappa shape index (κ2) is 10.2. The Morgan fingerprint density at radius 3 is 2.11 bits per heavy atom. The summed E-state index contributed by atoms with van der Waals surface area (Å²) in [6.45, 7) is 3.48. The Morgan fingerprint density at radius 2 is 1.68 bits per heavy atom. The van der Waals surface area contributed by atoms with Crippen molar-refractivity contribution in [2.75, 3.05) is 19.6 Å². The van der Waals surface area contributed by atoms with Crippen LogP contribution in [0.3, 0.4) is 0 Å². The van der Waals surface area contributed by atoms with Crippen molar-refractivity contribution in [3.63, 3.8) is 0 Å². The molecule has 5 heteroatoms. The zero-order valence-corrected chi connectivity index (χ0v) is 12.2. The topological polar surface area (TPSA) is 115 Å². The molecule has 114 valence electrons. The quantitative estimate of drug-likeness (QED) is 0.582. The molecule has 0 heterocycles. The van der Waals surface area contributed by atoms with E-state index >= 15 is 0 Å². The first kappa shape index (κ1) is 18.4. The van der Waals surface area contributed by atoms with Crippen LogP contribution in [0.4, 0.5) is 0 Å². The Morgan fingerprint density at radius 1 is 1.16 bits per heavy atom. The van der Waals surface area contributed by atoms with Gasteiger partial charge in [-0.2, -0.15) is 0 Å². The fourth-order valence-electron chi connectivity index (χ4n) is 3.39. The van der Waals surface area contributed by atoms with Crippen molar-refractivity contribution < 1.29 is 9.90 Å². The summed E-state index contributed by atoms with van der Waals surface area (Å²) < 4.78 is 0. The van der Waals surface area contributed by atoms with Gasteiger partial charge in [-0.3, -0.25) is 4.79 Å². The van der Waals surface area contributed by atoms with Crippen LogP contribution in [-0.2, 0) is 4.79 Å². The van der Waals surface area contributed by atoms with Crippen molar-refractivity contribution in [2.24, 2.45) is 28.5 Å². The van der Waals surface area contributed by atoms with E-state index in [1.54, 1.807) is 0 Å². The van der Waals surface area contributed by atoms with Crippen LogP contribution in [0.1, 0.15) is 51.9 Å². The third-order valence-electron chi connectivity index (χ3n) is 4.14. The second-order valence-electron chi connectivity index (χ2n) is 5.48. The second-order valence-corrected chi connectivity index (χ2v) is 5.48. The highest BCUT2D eigenvalue weighted by atomic mass is 16.4. The lowest BCUT2D eigenvalue weighted by molar-refractivity contribution is -0.134. The molecule has 7 N–H and O–H groups in total. The van der Waals surface area contributed by atoms with E-state index in [0.717, 1.165) is 51.7 Å². The number of hydrogen-bond acceptors (Lipinski definition) is 4. The minimum Gasteiger partial charge on any atom is -0.481 e. The summed E-state index contributed by atoms with van der Waals surface area (Å²) in [5.74, 6) is -0.0663. The number of carbonyl (C=O) groups is 1. The molecule has 0 aromatic rings. The Balaban J connectivity index is 0.000000711. The smallest absolute Gasteiger partial charge is 0.300 e. The number of hydrogen-bond donors (Lipinski definition) is 4. The molecule has 1 unspecified atom stereocenters. The molecule has 19 heavy (non-hydrogen) atoms. The number of rotatable bonds is 6.